The Morgan fingerprint density at radius 3 is 2.09 bits per heavy atom. The smallest absolute Gasteiger partial charge is 0.326 e. The van der Waals surface area contributed by atoms with Gasteiger partial charge in [0.15, 0.2) is 0 Å². The number of likely N-dealkylation sites (N-methyl/N-ethyl adjacent to an activating group) is 1. The van der Waals surface area contributed by atoms with Gasteiger partial charge in [0.2, 0.25) is 17.7 Å². The van der Waals surface area contributed by atoms with Gasteiger partial charge in [-0.1, -0.05) is 61.3 Å². The van der Waals surface area contributed by atoms with Crippen LogP contribution in [0.2, 0.25) is 5.02 Å². The lowest BCUT2D eigenvalue weighted by Crippen LogP contribution is -2.49. The molecule has 4 amide bonds. The number of phenolic OH excluding ortho intramolecular Hbond substituents is 2. The number of aliphatic carboxylic acids is 1. The van der Waals surface area contributed by atoms with Crippen LogP contribution in [0.4, 0.5) is 0 Å². The summed E-state index contributed by atoms with van der Waals surface area (Å²) in [6.45, 7) is 1.91. The van der Waals surface area contributed by atoms with E-state index in [4.69, 9.17) is 17.3 Å². The predicted molar refractivity (Wildman–Crippen MR) is 200 cm³/mol. The van der Waals surface area contributed by atoms with Crippen LogP contribution in [0.5, 0.6) is 11.5 Å². The Labute approximate surface area is 311 Å². The maximum Gasteiger partial charge on any atom is 0.326 e. The number of benzene rings is 4. The third kappa shape index (κ3) is 10.6. The van der Waals surface area contributed by atoms with Crippen LogP contribution >= 0.6 is 11.6 Å². The summed E-state index contributed by atoms with van der Waals surface area (Å²) < 4.78 is 0. The van der Waals surface area contributed by atoms with Gasteiger partial charge in [0.1, 0.15) is 23.6 Å². The topological polar surface area (TPSA) is 211 Å². The number of nitrogens with zero attached hydrogens (tertiary/aromatic N) is 1. The van der Waals surface area contributed by atoms with E-state index in [-0.39, 0.29) is 34.6 Å². The van der Waals surface area contributed by atoms with E-state index in [9.17, 15) is 39.3 Å². The molecule has 14 heteroatoms. The van der Waals surface area contributed by atoms with Crippen LogP contribution in [0.1, 0.15) is 47.3 Å². The number of nitrogens with one attached hydrogen (secondary N) is 3. The van der Waals surface area contributed by atoms with Crippen LogP contribution in [0.25, 0.3) is 22.3 Å². The van der Waals surface area contributed by atoms with Crippen molar-refractivity contribution in [3.63, 3.8) is 0 Å². The summed E-state index contributed by atoms with van der Waals surface area (Å²) >= 11 is 5.96. The highest BCUT2D eigenvalue weighted by molar-refractivity contribution is 6.30. The number of nitrogens with two attached hydrogens (primary N) is 1. The molecule has 1 aliphatic heterocycles. The number of unbranched alkanes of at least 4 members (excludes halogenated alkanes) is 1. The van der Waals surface area contributed by atoms with Gasteiger partial charge in [-0.3, -0.25) is 19.2 Å². The SMILES string of the molecule is CCCCN.CN(C(=O)CNC(=O)c1ccc(-c2ccc(Cl)cc2)cc1)C1C(=O)NCC(=O)NC(C(=O)O)Cc2ccc(O)c(c2)-c2cc1ccc2O. The first kappa shape index (κ1) is 39.9. The molecule has 1 aliphatic rings. The van der Waals surface area contributed by atoms with E-state index in [2.05, 4.69) is 22.9 Å². The molecule has 1 heterocycles. The average molecular weight is 744 g/mol. The average Bonchev–Trinajstić information content (AvgIpc) is 3.14. The Balaban J connectivity index is 0.00000117. The fourth-order valence-corrected chi connectivity index (χ4v) is 5.67. The molecule has 0 aromatic heterocycles. The van der Waals surface area contributed by atoms with Gasteiger partial charge in [0.25, 0.3) is 5.91 Å². The largest absolute Gasteiger partial charge is 0.507 e. The summed E-state index contributed by atoms with van der Waals surface area (Å²) in [5.41, 5.74) is 8.14. The molecule has 4 bridgehead atoms. The summed E-state index contributed by atoms with van der Waals surface area (Å²) in [5.74, 6) is -4.54. The second-order valence-corrected chi connectivity index (χ2v) is 12.8. The van der Waals surface area contributed by atoms with Crippen molar-refractivity contribution in [2.24, 2.45) is 5.73 Å². The zero-order valence-corrected chi connectivity index (χ0v) is 30.0. The normalized spacial score (nSPS) is 15.4. The zero-order chi connectivity index (χ0) is 38.7. The van der Waals surface area contributed by atoms with Crippen LogP contribution < -0.4 is 21.7 Å². The highest BCUT2D eigenvalue weighted by Crippen LogP contribution is 2.38. The van der Waals surface area contributed by atoms with Crippen LogP contribution in [-0.4, -0.2) is 82.5 Å². The van der Waals surface area contributed by atoms with Crippen molar-refractivity contribution < 1.29 is 39.3 Å². The van der Waals surface area contributed by atoms with Gasteiger partial charge in [-0.25, -0.2) is 4.79 Å². The highest BCUT2D eigenvalue weighted by atomic mass is 35.5. The third-order valence-corrected chi connectivity index (χ3v) is 8.75. The van der Waals surface area contributed by atoms with E-state index in [1.54, 1.807) is 36.4 Å². The van der Waals surface area contributed by atoms with Gasteiger partial charge in [0, 0.05) is 35.2 Å². The molecule has 4 aromatic carbocycles. The summed E-state index contributed by atoms with van der Waals surface area (Å²) in [5, 5.41) is 39.1. The fraction of sp³-hybridized carbons (Fsp3) is 0.256. The number of hydrogen-bond acceptors (Lipinski definition) is 8. The number of hydrogen-bond donors (Lipinski definition) is 7. The lowest BCUT2D eigenvalue weighted by Gasteiger charge is -2.28. The fourth-order valence-electron chi connectivity index (χ4n) is 5.55. The molecule has 2 unspecified atom stereocenters. The molecule has 0 saturated heterocycles. The number of rotatable bonds is 8. The summed E-state index contributed by atoms with van der Waals surface area (Å²) in [6.07, 6.45) is 2.25. The van der Waals surface area contributed by atoms with Crippen molar-refractivity contribution in [1.82, 2.24) is 20.9 Å². The quantitative estimate of drug-likeness (QED) is 0.139. The zero-order valence-electron chi connectivity index (χ0n) is 29.3. The molecule has 0 spiro atoms. The molecule has 53 heavy (non-hydrogen) atoms. The maximum atomic E-state index is 13.5. The second-order valence-electron chi connectivity index (χ2n) is 12.3. The number of halogens is 1. The number of carboxylic acids is 1. The minimum absolute atomic E-state index is 0.119. The summed E-state index contributed by atoms with van der Waals surface area (Å²) in [7, 11) is 1.34. The lowest BCUT2D eigenvalue weighted by atomic mass is 9.94. The van der Waals surface area contributed by atoms with Gasteiger partial charge in [0.05, 0.1) is 13.1 Å². The van der Waals surface area contributed by atoms with Crippen LogP contribution in [0.3, 0.4) is 0 Å². The van der Waals surface area contributed by atoms with Crippen molar-refractivity contribution in [3.8, 4) is 33.8 Å². The van der Waals surface area contributed by atoms with Crippen molar-refractivity contribution in [3.05, 3.63) is 107 Å². The first-order valence-electron chi connectivity index (χ1n) is 16.9. The van der Waals surface area contributed by atoms with E-state index in [0.29, 0.717) is 16.1 Å². The van der Waals surface area contributed by atoms with Gasteiger partial charge in [-0.05, 0) is 83.8 Å². The Kier molecular flexibility index (Phi) is 13.9. The number of fused-ring (bicyclic) bond motifs is 5. The molecule has 5 rings (SSSR count). The van der Waals surface area contributed by atoms with Gasteiger partial charge in [-0.15, -0.1) is 0 Å². The number of amides is 4. The molecular weight excluding hydrogens is 702 g/mol. The number of carbonyl (C=O) groups excluding carboxylic acids is 4. The summed E-state index contributed by atoms with van der Waals surface area (Å²) in [6, 6.07) is 19.7. The minimum atomic E-state index is -1.36. The van der Waals surface area contributed by atoms with E-state index in [1.807, 2.05) is 12.1 Å². The molecular formula is C39H42ClN5O8. The second kappa shape index (κ2) is 18.5. The Hall–Kier alpha value is -5.92. The summed E-state index contributed by atoms with van der Waals surface area (Å²) in [4.78, 5) is 65.5. The maximum absolute atomic E-state index is 13.5. The van der Waals surface area contributed by atoms with E-state index < -0.39 is 54.8 Å². The molecule has 4 aromatic rings. The van der Waals surface area contributed by atoms with Crippen LogP contribution in [0.15, 0.2) is 84.9 Å². The molecule has 0 fully saturated rings. The molecule has 8 N–H and O–H groups in total. The molecule has 0 radical (unpaired) electrons. The monoisotopic (exact) mass is 743 g/mol. The lowest BCUT2D eigenvalue weighted by molar-refractivity contribution is -0.142. The van der Waals surface area contributed by atoms with Crippen molar-refractivity contribution in [2.75, 3.05) is 26.7 Å². The Morgan fingerprint density at radius 2 is 1.51 bits per heavy atom. The predicted octanol–water partition coefficient (Wildman–Crippen LogP) is 4.00. The number of aromatic hydroxyl groups is 2. The Morgan fingerprint density at radius 1 is 0.906 bits per heavy atom. The van der Waals surface area contributed by atoms with Crippen molar-refractivity contribution in [1.29, 1.82) is 0 Å². The van der Waals surface area contributed by atoms with Crippen LogP contribution in [0, 0.1) is 0 Å². The minimum Gasteiger partial charge on any atom is -0.507 e. The first-order valence-corrected chi connectivity index (χ1v) is 17.3. The van der Waals surface area contributed by atoms with Gasteiger partial charge >= 0.3 is 5.97 Å². The number of carboxylic acid groups (broad SMARTS) is 1. The standard InChI is InChI=1S/C35H31ClN4O8.C4H11N/c1-40(31(44)18-38-33(45)22-5-3-20(4-6-22)21-7-10-24(36)11-8-21)32-23-9-13-29(42)26(16-23)25-14-19(2-12-28(25)41)15-27(35(47)48)39-30(43)17-37-34(32)46;1-2-3-4-5/h2-14,16,27,32,41-42H,15,17-18H2,1H3,(H,37,46)(H,38,45)(H,39,43)(H,47,48);2-5H2,1H3. The van der Waals surface area contributed by atoms with Crippen LogP contribution in [-0.2, 0) is 25.6 Å². The first-order chi connectivity index (χ1) is 25.3. The van der Waals surface area contributed by atoms with Crippen molar-refractivity contribution in [2.45, 2.75) is 38.3 Å². The third-order valence-electron chi connectivity index (χ3n) is 8.50. The van der Waals surface area contributed by atoms with Gasteiger partial charge in [-0.2, -0.15) is 0 Å². The Bertz CT molecular complexity index is 1950. The number of carbonyl (C=O) groups is 5. The molecule has 13 nitrogen and oxygen atoms in total. The molecule has 0 aliphatic carbocycles. The molecule has 278 valence electrons. The van der Waals surface area contributed by atoms with E-state index in [1.165, 1.54) is 56.3 Å². The molecule has 0 saturated carbocycles. The van der Waals surface area contributed by atoms with E-state index in [0.717, 1.165) is 22.6 Å². The number of phenols is 2. The van der Waals surface area contributed by atoms with E-state index >= 15 is 0 Å². The van der Waals surface area contributed by atoms with Gasteiger partial charge < -0.3 is 41.9 Å². The highest BCUT2D eigenvalue weighted by Gasteiger charge is 2.31. The molecule has 2 atom stereocenters. The van der Waals surface area contributed by atoms with Crippen molar-refractivity contribution >= 4 is 41.2 Å².